The van der Waals surface area contributed by atoms with Crippen molar-refractivity contribution in [2.24, 2.45) is 0 Å². The third-order valence-corrected chi connectivity index (χ3v) is 4.39. The second kappa shape index (κ2) is 6.69. The summed E-state index contributed by atoms with van der Waals surface area (Å²) in [6, 6.07) is 10.3. The summed E-state index contributed by atoms with van der Waals surface area (Å²) in [6.07, 6.45) is 0.0342. The topological polar surface area (TPSA) is 66.5 Å². The van der Waals surface area contributed by atoms with Crippen LogP contribution in [0.5, 0.6) is 0 Å². The predicted molar refractivity (Wildman–Crippen MR) is 96.0 cm³/mol. The zero-order valence-electron chi connectivity index (χ0n) is 13.9. The smallest absolute Gasteiger partial charge is 0.261 e. The van der Waals surface area contributed by atoms with E-state index >= 15 is 0 Å². The first-order valence-corrected chi connectivity index (χ1v) is 8.27. The Morgan fingerprint density at radius 3 is 2.48 bits per heavy atom. The molecule has 6 heteroatoms. The molecule has 3 amide bonds. The fourth-order valence-corrected chi connectivity index (χ4v) is 3.02. The Morgan fingerprint density at radius 1 is 1.04 bits per heavy atom. The van der Waals surface area contributed by atoms with Gasteiger partial charge in [-0.2, -0.15) is 0 Å². The number of benzene rings is 2. The molecule has 0 saturated carbocycles. The minimum absolute atomic E-state index is 0.0285. The lowest BCUT2D eigenvalue weighted by Crippen LogP contribution is -2.32. The molecule has 0 aromatic heterocycles. The third kappa shape index (κ3) is 3.42. The van der Waals surface area contributed by atoms with Gasteiger partial charge in [0.15, 0.2) is 0 Å². The van der Waals surface area contributed by atoms with Crippen molar-refractivity contribution in [3.05, 3.63) is 63.7 Å². The molecule has 0 unspecified atom stereocenters. The quantitative estimate of drug-likeness (QED) is 0.851. The molecule has 1 N–H and O–H groups in total. The Hall–Kier alpha value is -2.66. The summed E-state index contributed by atoms with van der Waals surface area (Å²) >= 11 is 5.88. The number of halogens is 1. The summed E-state index contributed by atoms with van der Waals surface area (Å²) < 4.78 is 0. The first-order valence-electron chi connectivity index (χ1n) is 7.89. The maximum atomic E-state index is 12.3. The molecular formula is C19H17ClN2O3. The molecule has 0 bridgehead atoms. The second-order valence-corrected chi connectivity index (χ2v) is 6.50. The van der Waals surface area contributed by atoms with E-state index in [9.17, 15) is 14.4 Å². The van der Waals surface area contributed by atoms with E-state index in [4.69, 9.17) is 11.6 Å². The van der Waals surface area contributed by atoms with E-state index in [0.29, 0.717) is 10.6 Å². The number of rotatable bonds is 4. The molecule has 3 rings (SSSR count). The molecule has 0 spiro atoms. The molecule has 0 fully saturated rings. The molecule has 128 valence electrons. The fourth-order valence-electron chi connectivity index (χ4n) is 2.85. The van der Waals surface area contributed by atoms with Gasteiger partial charge in [0.05, 0.1) is 11.1 Å². The van der Waals surface area contributed by atoms with Crippen LogP contribution in [0.1, 0.15) is 38.3 Å². The molecule has 1 heterocycles. The Morgan fingerprint density at radius 2 is 1.76 bits per heavy atom. The lowest BCUT2D eigenvalue weighted by atomic mass is 10.1. The monoisotopic (exact) mass is 356 g/mol. The number of anilines is 1. The molecular weight excluding hydrogens is 340 g/mol. The van der Waals surface area contributed by atoms with E-state index in [1.165, 1.54) is 12.1 Å². The zero-order valence-corrected chi connectivity index (χ0v) is 14.7. The number of amides is 3. The molecule has 25 heavy (non-hydrogen) atoms. The average Bonchev–Trinajstić information content (AvgIpc) is 2.79. The minimum Gasteiger partial charge on any atom is -0.326 e. The van der Waals surface area contributed by atoms with Crippen molar-refractivity contribution in [3.8, 4) is 0 Å². The van der Waals surface area contributed by atoms with Crippen LogP contribution in [0.15, 0.2) is 36.4 Å². The number of carbonyl (C=O) groups excluding carboxylic acids is 3. The van der Waals surface area contributed by atoms with Crippen molar-refractivity contribution < 1.29 is 14.4 Å². The number of fused-ring (bicyclic) bond motifs is 1. The highest BCUT2D eigenvalue weighted by Gasteiger charge is 2.35. The average molecular weight is 357 g/mol. The SMILES string of the molecule is Cc1ccc(NC(=O)CCN2C(=O)c3ccc(Cl)cc3C2=O)c(C)c1. The van der Waals surface area contributed by atoms with Gasteiger partial charge >= 0.3 is 0 Å². The molecule has 5 nitrogen and oxygen atoms in total. The standard InChI is InChI=1S/C19H17ClN2O3/c1-11-3-6-16(12(2)9-11)21-17(23)7-8-22-18(24)14-5-4-13(20)10-15(14)19(22)25/h3-6,9-10H,7-8H2,1-2H3,(H,21,23). The van der Waals surface area contributed by atoms with Crippen molar-refractivity contribution in [3.63, 3.8) is 0 Å². The predicted octanol–water partition coefficient (Wildman–Crippen LogP) is 3.58. The molecule has 0 atom stereocenters. The number of nitrogens with one attached hydrogen (secondary N) is 1. The first-order chi connectivity index (χ1) is 11.9. The van der Waals surface area contributed by atoms with E-state index in [1.54, 1.807) is 6.07 Å². The minimum atomic E-state index is -0.415. The van der Waals surface area contributed by atoms with Crippen LogP contribution in [0.2, 0.25) is 5.02 Å². The first kappa shape index (κ1) is 17.2. The molecule has 2 aromatic rings. The third-order valence-electron chi connectivity index (χ3n) is 4.15. The van der Waals surface area contributed by atoms with Crippen LogP contribution in [0.4, 0.5) is 5.69 Å². The van der Waals surface area contributed by atoms with Crippen LogP contribution in [0.3, 0.4) is 0 Å². The van der Waals surface area contributed by atoms with Gasteiger partial charge in [-0.15, -0.1) is 0 Å². The molecule has 2 aromatic carbocycles. The number of aryl methyl sites for hydroxylation is 2. The van der Waals surface area contributed by atoms with Crippen LogP contribution >= 0.6 is 11.6 Å². The van der Waals surface area contributed by atoms with E-state index in [2.05, 4.69) is 5.32 Å². The molecule has 1 aliphatic heterocycles. The lowest BCUT2D eigenvalue weighted by Gasteiger charge is -2.14. The molecule has 1 aliphatic rings. The van der Waals surface area contributed by atoms with Crippen molar-refractivity contribution in [2.75, 3.05) is 11.9 Å². The number of hydrogen-bond donors (Lipinski definition) is 1. The van der Waals surface area contributed by atoms with Gasteiger partial charge in [0.1, 0.15) is 0 Å². The van der Waals surface area contributed by atoms with E-state index in [-0.39, 0.29) is 24.4 Å². The van der Waals surface area contributed by atoms with Crippen molar-refractivity contribution in [1.29, 1.82) is 0 Å². The van der Waals surface area contributed by atoms with Crippen LogP contribution < -0.4 is 5.32 Å². The summed E-state index contributed by atoms with van der Waals surface area (Å²) in [4.78, 5) is 37.9. The van der Waals surface area contributed by atoms with Gasteiger partial charge < -0.3 is 5.32 Å². The van der Waals surface area contributed by atoms with Crippen LogP contribution in [-0.2, 0) is 4.79 Å². The maximum Gasteiger partial charge on any atom is 0.261 e. The number of nitrogens with zero attached hydrogens (tertiary/aromatic N) is 1. The Bertz CT molecular complexity index is 892. The van der Waals surface area contributed by atoms with Crippen LogP contribution in [0, 0.1) is 13.8 Å². The highest BCUT2D eigenvalue weighted by atomic mass is 35.5. The Labute approximate surface area is 150 Å². The van der Waals surface area contributed by atoms with Crippen molar-refractivity contribution in [2.45, 2.75) is 20.3 Å². The van der Waals surface area contributed by atoms with E-state index in [0.717, 1.165) is 21.7 Å². The van der Waals surface area contributed by atoms with Gasteiger partial charge in [-0.05, 0) is 43.7 Å². The maximum absolute atomic E-state index is 12.3. The molecule has 0 aliphatic carbocycles. The van der Waals surface area contributed by atoms with Crippen molar-refractivity contribution >= 4 is 35.0 Å². The highest BCUT2D eigenvalue weighted by Crippen LogP contribution is 2.26. The Balaban J connectivity index is 1.65. The fraction of sp³-hybridized carbons (Fsp3) is 0.211. The summed E-state index contributed by atoms with van der Waals surface area (Å²) in [6.45, 7) is 3.92. The normalized spacial score (nSPS) is 13.2. The lowest BCUT2D eigenvalue weighted by molar-refractivity contribution is -0.116. The summed E-state index contributed by atoms with van der Waals surface area (Å²) in [5.74, 6) is -1.06. The number of carbonyl (C=O) groups is 3. The molecule has 0 saturated heterocycles. The van der Waals surface area contributed by atoms with Gasteiger partial charge in [0.2, 0.25) is 5.91 Å². The van der Waals surface area contributed by atoms with Crippen LogP contribution in [0.25, 0.3) is 0 Å². The largest absolute Gasteiger partial charge is 0.326 e. The zero-order chi connectivity index (χ0) is 18.1. The molecule has 0 radical (unpaired) electrons. The van der Waals surface area contributed by atoms with Crippen molar-refractivity contribution in [1.82, 2.24) is 4.90 Å². The number of imide groups is 1. The van der Waals surface area contributed by atoms with Gasteiger partial charge in [-0.25, -0.2) is 0 Å². The Kier molecular flexibility index (Phi) is 4.59. The van der Waals surface area contributed by atoms with Gasteiger partial charge in [-0.1, -0.05) is 29.3 Å². The summed E-state index contributed by atoms with van der Waals surface area (Å²) in [7, 11) is 0. The summed E-state index contributed by atoms with van der Waals surface area (Å²) in [5.41, 5.74) is 3.41. The van der Waals surface area contributed by atoms with Gasteiger partial charge in [-0.3, -0.25) is 19.3 Å². The van der Waals surface area contributed by atoms with E-state index < -0.39 is 11.8 Å². The van der Waals surface area contributed by atoms with Gasteiger partial charge in [0.25, 0.3) is 11.8 Å². The van der Waals surface area contributed by atoms with E-state index in [1.807, 2.05) is 32.0 Å². The highest BCUT2D eigenvalue weighted by molar-refractivity contribution is 6.32. The second-order valence-electron chi connectivity index (χ2n) is 6.07. The van der Waals surface area contributed by atoms with Gasteiger partial charge in [0, 0.05) is 23.7 Å². The summed E-state index contributed by atoms with van der Waals surface area (Å²) in [5, 5.41) is 3.21. The van der Waals surface area contributed by atoms with Crippen LogP contribution in [-0.4, -0.2) is 29.2 Å². The number of hydrogen-bond acceptors (Lipinski definition) is 3.